The third-order valence-corrected chi connectivity index (χ3v) is 15.7. The van der Waals surface area contributed by atoms with E-state index in [2.05, 4.69) is 178 Å². The zero-order valence-electron chi connectivity index (χ0n) is 33.0. The lowest BCUT2D eigenvalue weighted by Gasteiger charge is -2.55. The maximum Gasteiger partial charge on any atom is 0.333 e. The molecule has 270 valence electrons. The van der Waals surface area contributed by atoms with Crippen LogP contribution >= 0.6 is 0 Å². The van der Waals surface area contributed by atoms with Crippen LogP contribution in [-0.4, -0.2) is 12.4 Å². The lowest BCUT2D eigenvalue weighted by molar-refractivity contribution is 0.195. The predicted octanol–water partition coefficient (Wildman–Crippen LogP) is 11.8. The van der Waals surface area contributed by atoms with Crippen LogP contribution in [0.5, 0.6) is 0 Å². The summed E-state index contributed by atoms with van der Waals surface area (Å²) in [6.07, 6.45) is 4.96. The summed E-state index contributed by atoms with van der Waals surface area (Å²) in [4.78, 5) is 5.73. The van der Waals surface area contributed by atoms with Gasteiger partial charge >= 0.3 is 6.85 Å². The molecule has 4 aliphatic heterocycles. The normalized spacial score (nSPS) is 22.3. The lowest BCUT2D eigenvalue weighted by Crippen LogP contribution is -2.65. The zero-order chi connectivity index (χ0) is 37.5. The van der Waals surface area contributed by atoms with E-state index in [-0.39, 0.29) is 23.2 Å². The Morgan fingerprint density at radius 1 is 0.554 bits per heavy atom. The van der Waals surface area contributed by atoms with Crippen molar-refractivity contribution in [1.82, 2.24) is 0 Å². The standard InChI is InChI=1S/C53H45BN2/c1-50(2,3)33-30-43-49-44(31-33)54-46-38(29-32-17-6-7-18-34(32)48(46)55(49)52(5)28-15-14-27-51(43,52)4)37-21-16-25-42-47(37)56(54)45-26-13-12-24-41(45)53(42)39-22-10-8-19-35(39)36-20-9-11-23-40(36)53/h6-13,16-26,29-31H,14-15,27-28H2,1-5H3. The van der Waals surface area contributed by atoms with E-state index in [9.17, 15) is 0 Å². The summed E-state index contributed by atoms with van der Waals surface area (Å²) in [5, 5.41) is 2.71. The highest BCUT2D eigenvalue weighted by molar-refractivity contribution is 6.94. The molecule has 4 heterocycles. The molecule has 2 nitrogen and oxygen atoms in total. The number of para-hydroxylation sites is 2. The van der Waals surface area contributed by atoms with E-state index in [1.807, 2.05) is 0 Å². The van der Waals surface area contributed by atoms with Crippen molar-refractivity contribution in [1.29, 1.82) is 0 Å². The molecular formula is C53H45BN2. The molecule has 3 heteroatoms. The Kier molecular flexibility index (Phi) is 5.69. The van der Waals surface area contributed by atoms with Crippen molar-refractivity contribution in [2.24, 2.45) is 0 Å². The highest BCUT2D eigenvalue weighted by Gasteiger charge is 2.63. The van der Waals surface area contributed by atoms with Crippen molar-refractivity contribution in [3.63, 3.8) is 0 Å². The molecule has 0 radical (unpaired) electrons. The van der Waals surface area contributed by atoms with Crippen LogP contribution in [0.1, 0.15) is 93.7 Å². The minimum Gasteiger partial charge on any atom is -0.376 e. The van der Waals surface area contributed by atoms with Gasteiger partial charge in [-0.25, -0.2) is 0 Å². The number of hydrogen-bond donors (Lipinski definition) is 0. The Hall–Kier alpha value is -5.54. The molecule has 56 heavy (non-hydrogen) atoms. The van der Waals surface area contributed by atoms with Crippen LogP contribution in [0.3, 0.4) is 0 Å². The number of benzene rings is 7. The van der Waals surface area contributed by atoms with Gasteiger partial charge in [0.25, 0.3) is 0 Å². The second-order valence-electron chi connectivity index (χ2n) is 19.1. The van der Waals surface area contributed by atoms with Crippen LogP contribution in [0.25, 0.3) is 33.0 Å². The van der Waals surface area contributed by atoms with Crippen molar-refractivity contribution >= 4 is 51.3 Å². The molecule has 1 fully saturated rings. The summed E-state index contributed by atoms with van der Waals surface area (Å²) in [5.74, 6) is 0. The van der Waals surface area contributed by atoms with Gasteiger partial charge in [0.2, 0.25) is 0 Å². The van der Waals surface area contributed by atoms with E-state index in [0.717, 1.165) is 0 Å². The molecule has 1 saturated carbocycles. The molecular weight excluding hydrogens is 675 g/mol. The van der Waals surface area contributed by atoms with Gasteiger partial charge in [-0.1, -0.05) is 162 Å². The van der Waals surface area contributed by atoms with Crippen molar-refractivity contribution in [3.8, 4) is 22.3 Å². The predicted molar refractivity (Wildman–Crippen MR) is 235 cm³/mol. The van der Waals surface area contributed by atoms with Gasteiger partial charge < -0.3 is 9.71 Å². The second kappa shape index (κ2) is 10.1. The maximum atomic E-state index is 2.91. The average Bonchev–Trinajstić information content (AvgIpc) is 3.62. The second-order valence-corrected chi connectivity index (χ2v) is 19.1. The van der Waals surface area contributed by atoms with Crippen LogP contribution in [0, 0.1) is 0 Å². The summed E-state index contributed by atoms with van der Waals surface area (Å²) in [7, 11) is 0. The summed E-state index contributed by atoms with van der Waals surface area (Å²) in [6, 6.07) is 52.3. The molecule has 0 aromatic heterocycles. The van der Waals surface area contributed by atoms with E-state index in [0.29, 0.717) is 0 Å². The summed E-state index contributed by atoms with van der Waals surface area (Å²) in [6.45, 7) is 12.5. The smallest absolute Gasteiger partial charge is 0.333 e. The summed E-state index contributed by atoms with van der Waals surface area (Å²) < 4.78 is 0. The quantitative estimate of drug-likeness (QED) is 0.144. The fourth-order valence-corrected chi connectivity index (χ4v) is 13.0. The van der Waals surface area contributed by atoms with Crippen molar-refractivity contribution in [3.05, 3.63) is 167 Å². The van der Waals surface area contributed by atoms with Gasteiger partial charge in [0, 0.05) is 39.1 Å². The first-order valence-electron chi connectivity index (χ1n) is 20.9. The van der Waals surface area contributed by atoms with Crippen LogP contribution < -0.4 is 20.6 Å². The van der Waals surface area contributed by atoms with E-state index in [1.54, 1.807) is 5.56 Å². The molecule has 0 bridgehead atoms. The Balaban J connectivity index is 1.24. The minimum atomic E-state index is -0.436. The Labute approximate surface area is 330 Å². The third-order valence-electron chi connectivity index (χ3n) is 15.7. The number of hydrogen-bond acceptors (Lipinski definition) is 2. The molecule has 0 amide bonds. The van der Waals surface area contributed by atoms with E-state index >= 15 is 0 Å². The highest BCUT2D eigenvalue weighted by Crippen LogP contribution is 2.67. The van der Waals surface area contributed by atoms with Crippen molar-refractivity contribution in [2.45, 2.75) is 82.1 Å². The Bertz CT molecular complexity index is 2890. The molecule has 13 rings (SSSR count). The lowest BCUT2D eigenvalue weighted by atomic mass is 9.41. The highest BCUT2D eigenvalue weighted by atomic mass is 15.3. The molecule has 2 unspecified atom stereocenters. The molecule has 6 aliphatic rings. The molecule has 2 aliphatic carbocycles. The number of nitrogens with zero attached hydrogens (tertiary/aromatic N) is 2. The van der Waals surface area contributed by atoms with Crippen molar-refractivity contribution in [2.75, 3.05) is 9.71 Å². The molecule has 0 N–H and O–H groups in total. The van der Waals surface area contributed by atoms with Gasteiger partial charge in [-0.3, -0.25) is 0 Å². The van der Waals surface area contributed by atoms with E-state index in [1.165, 1.54) is 120 Å². The largest absolute Gasteiger partial charge is 0.376 e. The first-order chi connectivity index (χ1) is 27.2. The number of rotatable bonds is 0. The third kappa shape index (κ3) is 3.35. The van der Waals surface area contributed by atoms with Gasteiger partial charge in [0.15, 0.2) is 0 Å². The first-order valence-corrected chi connectivity index (χ1v) is 20.9. The number of anilines is 4. The van der Waals surface area contributed by atoms with Gasteiger partial charge in [0.1, 0.15) is 0 Å². The van der Waals surface area contributed by atoms with Crippen LogP contribution in [0.4, 0.5) is 22.7 Å². The minimum absolute atomic E-state index is 0.00569. The zero-order valence-corrected chi connectivity index (χ0v) is 33.0. The molecule has 2 atom stereocenters. The van der Waals surface area contributed by atoms with Crippen LogP contribution in [-0.2, 0) is 16.2 Å². The molecule has 7 aromatic rings. The van der Waals surface area contributed by atoms with Gasteiger partial charge in [-0.2, -0.15) is 0 Å². The van der Waals surface area contributed by atoms with Crippen LogP contribution in [0.15, 0.2) is 133 Å². The monoisotopic (exact) mass is 720 g/mol. The van der Waals surface area contributed by atoms with Crippen molar-refractivity contribution < 1.29 is 0 Å². The summed E-state index contributed by atoms with van der Waals surface area (Å²) in [5.41, 5.74) is 22.2. The molecule has 7 aromatic carbocycles. The van der Waals surface area contributed by atoms with E-state index in [4.69, 9.17) is 0 Å². The van der Waals surface area contributed by atoms with Gasteiger partial charge in [-0.05, 0) is 104 Å². The summed E-state index contributed by atoms with van der Waals surface area (Å²) >= 11 is 0. The fraction of sp³-hybridized carbons (Fsp3) is 0.245. The van der Waals surface area contributed by atoms with Crippen LogP contribution in [0.2, 0.25) is 0 Å². The SMILES string of the molecule is CC(C)(C)c1cc2c3c(c1)C1(C)CCCCC1(C)N3c1c3c(cc4ccccc14)-c1cccc4c1N(B23)c1ccccc1C41c2ccccc2-c2ccccc21. The fourth-order valence-electron chi connectivity index (χ4n) is 13.0. The van der Waals surface area contributed by atoms with Gasteiger partial charge in [-0.15, -0.1) is 0 Å². The number of fused-ring (bicyclic) bond motifs is 18. The average molecular weight is 721 g/mol. The molecule has 0 saturated heterocycles. The molecule has 1 spiro atoms. The Morgan fingerprint density at radius 2 is 1.20 bits per heavy atom. The maximum absolute atomic E-state index is 2.91. The first kappa shape index (κ1) is 31.6. The Morgan fingerprint density at radius 3 is 1.96 bits per heavy atom. The van der Waals surface area contributed by atoms with Gasteiger partial charge in [0.05, 0.1) is 11.0 Å². The van der Waals surface area contributed by atoms with E-state index < -0.39 is 5.41 Å². The topological polar surface area (TPSA) is 6.48 Å².